The molecular formula is C23H26FN5O4. The number of aryl methyl sites for hydroxylation is 1. The van der Waals surface area contributed by atoms with Gasteiger partial charge in [-0.15, -0.1) is 0 Å². The maximum Gasteiger partial charge on any atom is 0.319 e. The first-order valence-corrected chi connectivity index (χ1v) is 10.7. The van der Waals surface area contributed by atoms with E-state index in [1.807, 2.05) is 25.7 Å². The number of aromatic nitrogens is 2. The summed E-state index contributed by atoms with van der Waals surface area (Å²) in [6.07, 6.45) is 3.01. The summed E-state index contributed by atoms with van der Waals surface area (Å²) in [5.41, 5.74) is 1.78. The molecular weight excluding hydrogens is 429 g/mol. The first-order valence-electron chi connectivity index (χ1n) is 10.7. The van der Waals surface area contributed by atoms with Crippen molar-refractivity contribution in [3.63, 3.8) is 0 Å². The van der Waals surface area contributed by atoms with Gasteiger partial charge >= 0.3 is 12.0 Å². The van der Waals surface area contributed by atoms with E-state index in [1.165, 1.54) is 31.6 Å². The average Bonchev–Trinajstić information content (AvgIpc) is 3.07. The Balaban J connectivity index is 1.41. The summed E-state index contributed by atoms with van der Waals surface area (Å²) < 4.78 is 24.3. The molecule has 0 spiro atoms. The van der Waals surface area contributed by atoms with Crippen molar-refractivity contribution in [1.82, 2.24) is 15.3 Å². The van der Waals surface area contributed by atoms with E-state index in [-0.39, 0.29) is 23.6 Å². The van der Waals surface area contributed by atoms with Crippen LogP contribution in [0.3, 0.4) is 0 Å². The van der Waals surface area contributed by atoms with E-state index in [0.29, 0.717) is 41.5 Å². The minimum Gasteiger partial charge on any atom is -0.469 e. The topological polar surface area (TPSA) is 110 Å². The zero-order valence-electron chi connectivity index (χ0n) is 18.9. The molecule has 0 bridgehead atoms. The van der Waals surface area contributed by atoms with Crippen LogP contribution in [0.2, 0.25) is 0 Å². The number of halogens is 1. The fourth-order valence-electron chi connectivity index (χ4n) is 3.86. The second-order valence-electron chi connectivity index (χ2n) is 8.45. The summed E-state index contributed by atoms with van der Waals surface area (Å²) in [6.45, 7) is 6.77. The van der Waals surface area contributed by atoms with E-state index in [0.717, 1.165) is 5.56 Å². The zero-order chi connectivity index (χ0) is 23.7. The Morgan fingerprint density at radius 2 is 1.94 bits per heavy atom. The number of hydrogen-bond acceptors (Lipinski definition) is 7. The lowest BCUT2D eigenvalue weighted by atomic mass is 9.98. The molecule has 1 aromatic carbocycles. The molecule has 1 saturated heterocycles. The molecule has 1 fully saturated rings. The van der Waals surface area contributed by atoms with Crippen LogP contribution >= 0.6 is 0 Å². The molecule has 0 radical (unpaired) electrons. The predicted molar refractivity (Wildman–Crippen MR) is 120 cm³/mol. The number of amides is 2. The molecule has 3 heterocycles. The second-order valence-corrected chi connectivity index (χ2v) is 8.45. The van der Waals surface area contributed by atoms with Crippen LogP contribution in [-0.4, -0.2) is 42.2 Å². The molecule has 0 aliphatic carbocycles. The molecule has 9 nitrogen and oxygen atoms in total. The maximum absolute atomic E-state index is 13.7. The molecule has 2 amide bonds. The number of benzene rings is 1. The van der Waals surface area contributed by atoms with E-state index in [4.69, 9.17) is 9.15 Å². The smallest absolute Gasteiger partial charge is 0.319 e. The monoisotopic (exact) mass is 455 g/mol. The maximum atomic E-state index is 13.7. The molecule has 1 atom stereocenters. The van der Waals surface area contributed by atoms with Crippen LogP contribution in [0, 0.1) is 24.6 Å². The lowest BCUT2D eigenvalue weighted by Crippen LogP contribution is -2.51. The van der Waals surface area contributed by atoms with Gasteiger partial charge in [0.05, 0.1) is 37.2 Å². The van der Waals surface area contributed by atoms with Crippen LogP contribution < -0.4 is 15.5 Å². The average molecular weight is 455 g/mol. The molecule has 1 aliphatic rings. The Morgan fingerprint density at radius 3 is 2.58 bits per heavy atom. The highest BCUT2D eigenvalue weighted by molar-refractivity contribution is 5.89. The number of carbonyl (C=O) groups excluding carboxylic acids is 2. The fourth-order valence-corrected chi connectivity index (χ4v) is 3.86. The van der Waals surface area contributed by atoms with Crippen molar-refractivity contribution in [2.45, 2.75) is 26.8 Å². The first-order chi connectivity index (χ1) is 15.8. The fraction of sp³-hybridized carbons (Fsp3) is 0.391. The van der Waals surface area contributed by atoms with Crippen molar-refractivity contribution in [1.29, 1.82) is 0 Å². The first kappa shape index (κ1) is 22.5. The molecule has 0 unspecified atom stereocenters. The molecule has 3 aromatic rings. The molecule has 1 aliphatic heterocycles. The van der Waals surface area contributed by atoms with Crippen LogP contribution in [0.25, 0.3) is 11.0 Å². The summed E-state index contributed by atoms with van der Waals surface area (Å²) in [5, 5.41) is 6.34. The highest BCUT2D eigenvalue weighted by Gasteiger charge is 2.35. The molecule has 10 heteroatoms. The Morgan fingerprint density at radius 1 is 1.24 bits per heavy atom. The summed E-state index contributed by atoms with van der Waals surface area (Å²) in [4.78, 5) is 34.6. The zero-order valence-corrected chi connectivity index (χ0v) is 18.9. The van der Waals surface area contributed by atoms with Gasteiger partial charge in [0.1, 0.15) is 17.2 Å². The van der Waals surface area contributed by atoms with Gasteiger partial charge in [-0.3, -0.25) is 4.79 Å². The van der Waals surface area contributed by atoms with Gasteiger partial charge in [0.15, 0.2) is 0 Å². The third kappa shape index (κ3) is 4.59. The minimum atomic E-state index is -0.439. The van der Waals surface area contributed by atoms with Crippen molar-refractivity contribution in [3.8, 4) is 0 Å². The number of esters is 1. The number of urea groups is 1. The lowest BCUT2D eigenvalue weighted by Gasteiger charge is -2.37. The van der Waals surface area contributed by atoms with Crippen LogP contribution in [0.5, 0.6) is 0 Å². The summed E-state index contributed by atoms with van der Waals surface area (Å²) in [6, 6.07) is 3.50. The Hall–Kier alpha value is -3.69. The van der Waals surface area contributed by atoms with Crippen LogP contribution in [0.1, 0.15) is 31.2 Å². The number of carbonyl (C=O) groups is 2. The van der Waals surface area contributed by atoms with E-state index < -0.39 is 12.1 Å². The summed E-state index contributed by atoms with van der Waals surface area (Å²) in [7, 11) is 1.37. The molecule has 2 aromatic heterocycles. The predicted octanol–water partition coefficient (Wildman–Crippen LogP) is 3.80. The molecule has 0 saturated carbocycles. The van der Waals surface area contributed by atoms with E-state index >= 15 is 0 Å². The van der Waals surface area contributed by atoms with Gasteiger partial charge in [-0.25, -0.2) is 19.2 Å². The van der Waals surface area contributed by atoms with Gasteiger partial charge in [-0.2, -0.15) is 0 Å². The number of rotatable bonds is 6. The number of nitrogens with zero attached hydrogens (tertiary/aromatic N) is 3. The van der Waals surface area contributed by atoms with Gasteiger partial charge in [0, 0.05) is 24.0 Å². The Bertz CT molecular complexity index is 1170. The number of hydrogen-bond donors (Lipinski definition) is 2. The number of furan rings is 1. The van der Waals surface area contributed by atoms with Gasteiger partial charge in [-0.05, 0) is 31.0 Å². The highest BCUT2D eigenvalue weighted by atomic mass is 19.1. The van der Waals surface area contributed by atoms with Crippen molar-refractivity contribution in [3.05, 3.63) is 47.7 Å². The van der Waals surface area contributed by atoms with Crippen molar-refractivity contribution >= 4 is 34.6 Å². The second kappa shape index (κ2) is 9.05. The molecule has 33 heavy (non-hydrogen) atoms. The largest absolute Gasteiger partial charge is 0.469 e. The number of fused-ring (bicyclic) bond motifs is 1. The number of anilines is 2. The van der Waals surface area contributed by atoms with Crippen LogP contribution in [0.4, 0.5) is 20.8 Å². The van der Waals surface area contributed by atoms with Crippen molar-refractivity contribution in [2.24, 2.45) is 11.8 Å². The quantitative estimate of drug-likeness (QED) is 0.544. The lowest BCUT2D eigenvalue weighted by molar-refractivity contribution is -0.146. The van der Waals surface area contributed by atoms with E-state index in [9.17, 15) is 14.0 Å². The number of ether oxygens (including phenoxy) is 1. The third-order valence-corrected chi connectivity index (χ3v) is 5.77. The van der Waals surface area contributed by atoms with E-state index in [2.05, 4.69) is 20.6 Å². The normalized spacial score (nSPS) is 14.8. The summed E-state index contributed by atoms with van der Waals surface area (Å²) in [5.74, 6) is 0.329. The Kier molecular flexibility index (Phi) is 6.17. The van der Waals surface area contributed by atoms with Gasteiger partial charge in [0.25, 0.3) is 0 Å². The highest BCUT2D eigenvalue weighted by Crippen LogP contribution is 2.33. The molecule has 2 N–H and O–H groups in total. The standard InChI is InChI=1S/C23H26FN5O4/c1-12(2)19(20-13(3)17-7-15(24)5-6-18(17)33-20)28-23(31)27-16-8-25-22(26-9-16)29-10-14(11-29)21(30)32-4/h5-9,12,14,19H,10-11H2,1-4H3,(H2,27,28,31)/t19-/m1/s1. The Labute approximate surface area is 190 Å². The van der Waals surface area contributed by atoms with Crippen molar-refractivity contribution < 1.29 is 23.1 Å². The van der Waals surface area contributed by atoms with Crippen LogP contribution in [0.15, 0.2) is 35.0 Å². The molecule has 4 rings (SSSR count). The third-order valence-electron chi connectivity index (χ3n) is 5.77. The number of nitrogens with one attached hydrogen (secondary N) is 2. The van der Waals surface area contributed by atoms with E-state index in [1.54, 1.807) is 6.07 Å². The minimum absolute atomic E-state index is 0.0210. The molecule has 174 valence electrons. The van der Waals surface area contributed by atoms with Gasteiger partial charge < -0.3 is 24.7 Å². The van der Waals surface area contributed by atoms with Crippen molar-refractivity contribution in [2.75, 3.05) is 30.4 Å². The van der Waals surface area contributed by atoms with Gasteiger partial charge in [-0.1, -0.05) is 13.8 Å². The SMILES string of the molecule is COC(=O)C1CN(c2ncc(NC(=O)N[C@@H](c3oc4ccc(F)cc4c3C)C(C)C)cn2)C1. The van der Waals surface area contributed by atoms with Crippen LogP contribution in [-0.2, 0) is 9.53 Å². The van der Waals surface area contributed by atoms with Gasteiger partial charge in [0.2, 0.25) is 5.95 Å². The number of methoxy groups -OCH3 is 1. The summed E-state index contributed by atoms with van der Waals surface area (Å²) >= 11 is 0.